The van der Waals surface area contributed by atoms with E-state index >= 15 is 0 Å². The van der Waals surface area contributed by atoms with Crippen LogP contribution in [0.1, 0.15) is 39.9 Å². The van der Waals surface area contributed by atoms with E-state index in [1.165, 1.54) is 11.7 Å². The molecule has 2 aromatic carbocycles. The number of pyridine rings is 1. The van der Waals surface area contributed by atoms with E-state index in [-0.39, 0.29) is 17.9 Å². The number of esters is 1. The van der Waals surface area contributed by atoms with E-state index < -0.39 is 11.5 Å². The number of halogens is 1. The second-order valence-electron chi connectivity index (χ2n) is 8.12. The molecule has 7 nitrogen and oxygen atoms in total. The molecule has 0 bridgehead atoms. The van der Waals surface area contributed by atoms with E-state index in [1.807, 2.05) is 18.2 Å². The van der Waals surface area contributed by atoms with Gasteiger partial charge in [-0.3, -0.25) is 4.79 Å². The van der Waals surface area contributed by atoms with Crippen LogP contribution < -0.4 is 15.0 Å². The number of benzene rings is 2. The molecule has 3 aromatic rings. The molecule has 178 valence electrons. The maximum absolute atomic E-state index is 13.7. The van der Waals surface area contributed by atoms with Crippen molar-refractivity contribution in [1.29, 1.82) is 0 Å². The van der Waals surface area contributed by atoms with Gasteiger partial charge in [0.2, 0.25) is 0 Å². The van der Waals surface area contributed by atoms with Crippen LogP contribution in [0, 0.1) is 0 Å². The first kappa shape index (κ1) is 23.7. The fourth-order valence-electron chi connectivity index (χ4n) is 4.52. The Bertz CT molecular complexity index is 1310. The number of hydrogen-bond donors (Lipinski definition) is 1. The second-order valence-corrected chi connectivity index (χ2v) is 8.56. The summed E-state index contributed by atoms with van der Waals surface area (Å²) in [7, 11) is 4.29. The van der Waals surface area contributed by atoms with Gasteiger partial charge in [0, 0.05) is 27.8 Å². The van der Waals surface area contributed by atoms with Gasteiger partial charge in [-0.05, 0) is 55.5 Å². The molecule has 4 rings (SSSR count). The summed E-state index contributed by atoms with van der Waals surface area (Å²) in [5.41, 5.74) is 2.60. The van der Waals surface area contributed by atoms with Crippen LogP contribution in [0.25, 0.3) is 11.3 Å². The van der Waals surface area contributed by atoms with Crippen molar-refractivity contribution in [2.75, 3.05) is 21.3 Å². The van der Waals surface area contributed by atoms with Gasteiger partial charge in [-0.2, -0.15) is 0 Å². The van der Waals surface area contributed by atoms with E-state index in [0.29, 0.717) is 39.8 Å². The highest BCUT2D eigenvalue weighted by Crippen LogP contribution is 2.38. The van der Waals surface area contributed by atoms with Crippen molar-refractivity contribution < 1.29 is 24.1 Å². The van der Waals surface area contributed by atoms with Crippen LogP contribution >= 0.6 is 11.6 Å². The topological polar surface area (TPSA) is 87.0 Å². The molecular formula is C26H26ClNO6. The van der Waals surface area contributed by atoms with Crippen LogP contribution in [0.3, 0.4) is 0 Å². The first-order valence-corrected chi connectivity index (χ1v) is 11.3. The summed E-state index contributed by atoms with van der Waals surface area (Å²) < 4.78 is 17.2. The molecule has 8 heteroatoms. The number of methoxy groups -OCH3 is 3. The lowest BCUT2D eigenvalue weighted by molar-refractivity contribution is 0.0594. The molecule has 0 saturated carbocycles. The molecule has 1 aromatic heterocycles. The van der Waals surface area contributed by atoms with Gasteiger partial charge in [0.05, 0.1) is 33.6 Å². The normalized spacial score (nSPS) is 12.7. The standard InChI is InChI=1S/C26H26ClNO6/c1-32-18-10-8-16(21(13-18)33-2)14-28-23-19-11-9-17(27)12-15(19)6-4-5-7-20(23)24(29)22(25(28)30)26(31)34-3/h8-13,29H,4-7,14H2,1-3H3. The minimum absolute atomic E-state index is 0.112. The number of aromatic nitrogens is 1. The molecule has 1 heterocycles. The Kier molecular flexibility index (Phi) is 6.84. The highest BCUT2D eigenvalue weighted by atomic mass is 35.5. The number of carbonyl (C=O) groups is 1. The smallest absolute Gasteiger partial charge is 0.347 e. The van der Waals surface area contributed by atoms with Gasteiger partial charge in [0.1, 0.15) is 17.2 Å². The first-order valence-electron chi connectivity index (χ1n) is 11.0. The van der Waals surface area contributed by atoms with Gasteiger partial charge in [-0.1, -0.05) is 17.7 Å². The Balaban J connectivity index is 2.05. The number of ether oxygens (including phenoxy) is 3. The maximum Gasteiger partial charge on any atom is 0.347 e. The maximum atomic E-state index is 13.7. The van der Waals surface area contributed by atoms with Gasteiger partial charge in [0.25, 0.3) is 5.56 Å². The van der Waals surface area contributed by atoms with E-state index in [2.05, 4.69) is 0 Å². The molecule has 0 amide bonds. The molecule has 0 fully saturated rings. The average Bonchev–Trinajstić information content (AvgIpc) is 2.83. The molecule has 0 aliphatic heterocycles. The molecule has 0 saturated heterocycles. The molecule has 0 atom stereocenters. The van der Waals surface area contributed by atoms with Gasteiger partial charge >= 0.3 is 5.97 Å². The van der Waals surface area contributed by atoms with Crippen molar-refractivity contribution in [3.05, 3.63) is 74.0 Å². The SMILES string of the molecule is COC(=O)c1c(O)c2c(n(Cc3ccc(OC)cc3OC)c1=O)-c1ccc(Cl)cc1CCCC2. The van der Waals surface area contributed by atoms with E-state index in [4.69, 9.17) is 25.8 Å². The molecule has 1 N–H and O–H groups in total. The van der Waals surface area contributed by atoms with Crippen LogP contribution in [-0.4, -0.2) is 37.0 Å². The summed E-state index contributed by atoms with van der Waals surface area (Å²) in [5.74, 6) is -0.0502. The number of fused-ring (bicyclic) bond motifs is 3. The van der Waals surface area contributed by atoms with E-state index in [9.17, 15) is 14.7 Å². The molecule has 0 spiro atoms. The molecular weight excluding hydrogens is 458 g/mol. The van der Waals surface area contributed by atoms with Crippen molar-refractivity contribution in [3.63, 3.8) is 0 Å². The fraction of sp³-hybridized carbons (Fsp3) is 0.308. The number of aromatic hydroxyl groups is 1. The minimum atomic E-state index is -0.876. The predicted octanol–water partition coefficient (Wildman–Crippen LogP) is 4.61. The van der Waals surface area contributed by atoms with Crippen LogP contribution in [0.15, 0.2) is 41.2 Å². The highest BCUT2D eigenvalue weighted by Gasteiger charge is 2.29. The highest BCUT2D eigenvalue weighted by molar-refractivity contribution is 6.30. The largest absolute Gasteiger partial charge is 0.506 e. The predicted molar refractivity (Wildman–Crippen MR) is 129 cm³/mol. The van der Waals surface area contributed by atoms with Crippen molar-refractivity contribution >= 4 is 17.6 Å². The molecule has 0 unspecified atom stereocenters. The van der Waals surface area contributed by atoms with Gasteiger partial charge < -0.3 is 23.9 Å². The van der Waals surface area contributed by atoms with Crippen LogP contribution in [0.4, 0.5) is 0 Å². The number of carbonyl (C=O) groups excluding carboxylic acids is 1. The minimum Gasteiger partial charge on any atom is -0.506 e. The zero-order valence-electron chi connectivity index (χ0n) is 19.3. The molecule has 1 aliphatic carbocycles. The first-order chi connectivity index (χ1) is 16.4. The summed E-state index contributed by atoms with van der Waals surface area (Å²) in [4.78, 5) is 26.2. The van der Waals surface area contributed by atoms with E-state index in [0.717, 1.165) is 30.4 Å². The Hall–Kier alpha value is -3.45. The van der Waals surface area contributed by atoms with Crippen molar-refractivity contribution in [1.82, 2.24) is 4.57 Å². The van der Waals surface area contributed by atoms with E-state index in [1.54, 1.807) is 32.4 Å². The number of aryl methyl sites for hydroxylation is 1. The van der Waals surface area contributed by atoms with Gasteiger partial charge in [-0.15, -0.1) is 0 Å². The number of hydrogen-bond acceptors (Lipinski definition) is 6. The van der Waals surface area contributed by atoms with Crippen molar-refractivity contribution in [2.24, 2.45) is 0 Å². The Morgan fingerprint density at radius 1 is 1.06 bits per heavy atom. The lowest BCUT2D eigenvalue weighted by atomic mass is 9.89. The summed E-state index contributed by atoms with van der Waals surface area (Å²) in [5, 5.41) is 11.7. The van der Waals surface area contributed by atoms with Crippen LogP contribution in [0.2, 0.25) is 5.02 Å². The van der Waals surface area contributed by atoms with Crippen LogP contribution in [-0.2, 0) is 24.1 Å². The lowest BCUT2D eigenvalue weighted by Crippen LogP contribution is -2.31. The Morgan fingerprint density at radius 3 is 2.53 bits per heavy atom. The molecule has 0 radical (unpaired) electrons. The average molecular weight is 484 g/mol. The van der Waals surface area contributed by atoms with Crippen molar-refractivity contribution in [2.45, 2.75) is 32.2 Å². The van der Waals surface area contributed by atoms with Gasteiger partial charge in [0.15, 0.2) is 5.56 Å². The third-order valence-electron chi connectivity index (χ3n) is 6.19. The zero-order chi connectivity index (χ0) is 24.4. The third-order valence-corrected chi connectivity index (χ3v) is 6.43. The van der Waals surface area contributed by atoms with Gasteiger partial charge in [-0.25, -0.2) is 4.79 Å². The summed E-state index contributed by atoms with van der Waals surface area (Å²) in [6.07, 6.45) is 2.95. The number of nitrogens with zero attached hydrogens (tertiary/aromatic N) is 1. The zero-order valence-corrected chi connectivity index (χ0v) is 20.1. The summed E-state index contributed by atoms with van der Waals surface area (Å²) in [6, 6.07) is 10.8. The van der Waals surface area contributed by atoms with Crippen LogP contribution in [0.5, 0.6) is 17.2 Å². The Labute approximate surface area is 202 Å². The fourth-order valence-corrected chi connectivity index (χ4v) is 4.71. The Morgan fingerprint density at radius 2 is 1.82 bits per heavy atom. The molecule has 34 heavy (non-hydrogen) atoms. The number of rotatable bonds is 5. The quantitative estimate of drug-likeness (QED) is 0.533. The second kappa shape index (κ2) is 9.81. The summed E-state index contributed by atoms with van der Waals surface area (Å²) in [6.45, 7) is 0.112. The summed E-state index contributed by atoms with van der Waals surface area (Å²) >= 11 is 6.28. The lowest BCUT2D eigenvalue weighted by Gasteiger charge is -2.25. The third kappa shape index (κ3) is 4.23. The molecule has 1 aliphatic rings. The monoisotopic (exact) mass is 483 g/mol. The van der Waals surface area contributed by atoms with Crippen molar-refractivity contribution in [3.8, 4) is 28.5 Å².